The van der Waals surface area contributed by atoms with Gasteiger partial charge in [-0.15, -0.1) is 0 Å². The lowest BCUT2D eigenvalue weighted by Gasteiger charge is -2.33. The van der Waals surface area contributed by atoms with Gasteiger partial charge in [-0.05, 0) is 18.2 Å². The summed E-state index contributed by atoms with van der Waals surface area (Å²) in [6, 6.07) is 6.89. The van der Waals surface area contributed by atoms with E-state index in [-0.39, 0.29) is 23.7 Å². The summed E-state index contributed by atoms with van der Waals surface area (Å²) in [5, 5.41) is 3.92. The second-order valence-electron chi connectivity index (χ2n) is 6.59. The summed E-state index contributed by atoms with van der Waals surface area (Å²) in [4.78, 5) is 38.8. The molecule has 1 aliphatic rings. The van der Waals surface area contributed by atoms with Crippen LogP contribution in [0.2, 0.25) is 10.0 Å². The summed E-state index contributed by atoms with van der Waals surface area (Å²) in [7, 11) is 0. The Morgan fingerprint density at radius 2 is 1.96 bits per heavy atom. The van der Waals surface area contributed by atoms with Crippen molar-refractivity contribution in [1.82, 2.24) is 15.0 Å². The molecule has 0 saturated carbocycles. The molecule has 0 radical (unpaired) electrons. The predicted octanol–water partition coefficient (Wildman–Crippen LogP) is 4.15. The molecule has 0 fully saturated rings. The third-order valence-corrected chi connectivity index (χ3v) is 5.07. The highest BCUT2D eigenvalue weighted by Gasteiger charge is 2.34. The highest BCUT2D eigenvalue weighted by molar-refractivity contribution is 6.40. The summed E-state index contributed by atoms with van der Waals surface area (Å²) >= 11 is 12.7. The van der Waals surface area contributed by atoms with Gasteiger partial charge in [0.1, 0.15) is 0 Å². The Morgan fingerprint density at radius 1 is 1.25 bits per heavy atom. The molecule has 9 heteroatoms. The molecule has 2 amide bonds. The van der Waals surface area contributed by atoms with Crippen molar-refractivity contribution < 1.29 is 9.59 Å². The highest BCUT2D eigenvalue weighted by atomic mass is 35.5. The van der Waals surface area contributed by atoms with E-state index in [1.54, 1.807) is 30.5 Å². The monoisotopic (exact) mass is 415 g/mol. The highest BCUT2D eigenvalue weighted by Crippen LogP contribution is 2.43. The van der Waals surface area contributed by atoms with Crippen molar-refractivity contribution in [2.24, 2.45) is 5.92 Å². The van der Waals surface area contributed by atoms with E-state index in [1.807, 2.05) is 6.92 Å². The van der Waals surface area contributed by atoms with Gasteiger partial charge in [-0.25, -0.2) is 9.97 Å². The van der Waals surface area contributed by atoms with E-state index >= 15 is 0 Å². The standard InChI is InChI=1S/C19H15Cl2N5O2/c1-9-6-14-15(26(18(9)28)16-12(20)4-3-5-13(16)21)7-11-8-22-19(23-10(2)27)25-17(11)24-14/h3-5,7-9H,6H2,1-2H3,(H,22,23,24,25,27). The molecule has 4 rings (SSSR count). The third-order valence-electron chi connectivity index (χ3n) is 4.46. The van der Waals surface area contributed by atoms with Crippen LogP contribution in [-0.2, 0) is 16.0 Å². The van der Waals surface area contributed by atoms with Crippen LogP contribution in [0.3, 0.4) is 0 Å². The summed E-state index contributed by atoms with van der Waals surface area (Å²) < 4.78 is 0. The normalized spacial score (nSPS) is 16.2. The van der Waals surface area contributed by atoms with E-state index in [0.29, 0.717) is 44.6 Å². The van der Waals surface area contributed by atoms with Crippen LogP contribution in [-0.4, -0.2) is 26.8 Å². The largest absolute Gasteiger partial charge is 0.295 e. The van der Waals surface area contributed by atoms with Crippen molar-refractivity contribution in [3.63, 3.8) is 0 Å². The number of nitrogens with zero attached hydrogens (tertiary/aromatic N) is 4. The zero-order valence-corrected chi connectivity index (χ0v) is 16.5. The smallest absolute Gasteiger partial charge is 0.234 e. The lowest BCUT2D eigenvalue weighted by molar-refractivity contribution is -0.121. The van der Waals surface area contributed by atoms with Gasteiger partial charge in [-0.2, -0.15) is 4.98 Å². The summed E-state index contributed by atoms with van der Waals surface area (Å²) in [5.41, 5.74) is 2.16. The second kappa shape index (κ2) is 7.00. The molecule has 2 aromatic heterocycles. The maximum absolute atomic E-state index is 13.0. The first-order chi connectivity index (χ1) is 13.3. The minimum absolute atomic E-state index is 0.112. The van der Waals surface area contributed by atoms with E-state index < -0.39 is 0 Å². The molecular formula is C19H15Cl2N5O2. The molecule has 3 aromatic rings. The summed E-state index contributed by atoms with van der Waals surface area (Å²) in [6.45, 7) is 3.21. The van der Waals surface area contributed by atoms with E-state index in [9.17, 15) is 9.59 Å². The first kappa shape index (κ1) is 18.6. The summed E-state index contributed by atoms with van der Waals surface area (Å²) in [6.07, 6.45) is 2.01. The molecule has 142 valence electrons. The first-order valence-corrected chi connectivity index (χ1v) is 9.33. The molecule has 0 spiro atoms. The Hall–Kier alpha value is -2.77. The molecule has 1 unspecified atom stereocenters. The average Bonchev–Trinajstić information content (AvgIpc) is 2.62. The van der Waals surface area contributed by atoms with Crippen molar-refractivity contribution in [2.45, 2.75) is 20.3 Å². The maximum atomic E-state index is 13.0. The number of benzene rings is 1. The molecule has 0 aliphatic carbocycles. The topological polar surface area (TPSA) is 88.1 Å². The number of hydrogen-bond donors (Lipinski definition) is 1. The molecule has 28 heavy (non-hydrogen) atoms. The van der Waals surface area contributed by atoms with Crippen molar-refractivity contribution in [3.05, 3.63) is 46.2 Å². The number of hydrogen-bond acceptors (Lipinski definition) is 5. The van der Waals surface area contributed by atoms with Gasteiger partial charge in [-0.3, -0.25) is 19.8 Å². The van der Waals surface area contributed by atoms with E-state index in [1.165, 1.54) is 11.8 Å². The fourth-order valence-corrected chi connectivity index (χ4v) is 3.77. The molecular weight excluding hydrogens is 401 g/mol. The number of nitrogens with one attached hydrogen (secondary N) is 1. The Kier molecular flexibility index (Phi) is 4.64. The Balaban J connectivity index is 1.91. The van der Waals surface area contributed by atoms with E-state index in [0.717, 1.165) is 0 Å². The Morgan fingerprint density at radius 3 is 2.64 bits per heavy atom. The molecule has 1 N–H and O–H groups in total. The number of anilines is 3. The maximum Gasteiger partial charge on any atom is 0.234 e. The lowest BCUT2D eigenvalue weighted by Crippen LogP contribution is -2.37. The minimum atomic E-state index is -0.304. The number of fused-ring (bicyclic) bond motifs is 2. The van der Waals surface area contributed by atoms with Crippen molar-refractivity contribution in [1.29, 1.82) is 0 Å². The van der Waals surface area contributed by atoms with E-state index in [4.69, 9.17) is 23.2 Å². The molecule has 1 atom stereocenters. The third kappa shape index (κ3) is 3.16. The quantitative estimate of drug-likeness (QED) is 0.678. The number of carbonyl (C=O) groups is 2. The second-order valence-corrected chi connectivity index (χ2v) is 7.41. The van der Waals surface area contributed by atoms with Crippen LogP contribution >= 0.6 is 23.2 Å². The van der Waals surface area contributed by atoms with Gasteiger partial charge < -0.3 is 0 Å². The average molecular weight is 416 g/mol. The fourth-order valence-electron chi connectivity index (χ4n) is 3.20. The molecule has 1 aromatic carbocycles. The van der Waals surface area contributed by atoms with Gasteiger partial charge in [0, 0.05) is 30.8 Å². The number of para-hydroxylation sites is 1. The van der Waals surface area contributed by atoms with Crippen LogP contribution in [0.4, 0.5) is 17.3 Å². The Labute approximate surface area is 170 Å². The van der Waals surface area contributed by atoms with Crippen LogP contribution in [0.1, 0.15) is 19.5 Å². The lowest BCUT2D eigenvalue weighted by atomic mass is 9.96. The number of rotatable bonds is 2. The van der Waals surface area contributed by atoms with Crippen LogP contribution in [0.5, 0.6) is 0 Å². The number of pyridine rings is 1. The molecule has 7 nitrogen and oxygen atoms in total. The zero-order chi connectivity index (χ0) is 20.0. The first-order valence-electron chi connectivity index (χ1n) is 8.57. The van der Waals surface area contributed by atoms with Crippen LogP contribution in [0.25, 0.3) is 11.0 Å². The minimum Gasteiger partial charge on any atom is -0.295 e. The zero-order valence-electron chi connectivity index (χ0n) is 15.0. The van der Waals surface area contributed by atoms with Gasteiger partial charge in [0.2, 0.25) is 17.8 Å². The van der Waals surface area contributed by atoms with Crippen molar-refractivity contribution in [2.75, 3.05) is 10.2 Å². The number of amides is 2. The van der Waals surface area contributed by atoms with Gasteiger partial charge in [0.25, 0.3) is 0 Å². The van der Waals surface area contributed by atoms with Crippen LogP contribution in [0, 0.1) is 5.92 Å². The van der Waals surface area contributed by atoms with Crippen LogP contribution < -0.4 is 10.2 Å². The molecule has 0 saturated heterocycles. The Bertz CT molecular complexity index is 1110. The van der Waals surface area contributed by atoms with E-state index in [2.05, 4.69) is 20.3 Å². The van der Waals surface area contributed by atoms with Gasteiger partial charge in [0.05, 0.1) is 27.1 Å². The number of aromatic nitrogens is 3. The molecule has 0 bridgehead atoms. The molecule has 3 heterocycles. The van der Waals surface area contributed by atoms with Crippen molar-refractivity contribution in [3.8, 4) is 0 Å². The number of carbonyl (C=O) groups excluding carboxylic acids is 2. The molecule has 1 aliphatic heterocycles. The van der Waals surface area contributed by atoms with Gasteiger partial charge >= 0.3 is 0 Å². The number of halogens is 2. The van der Waals surface area contributed by atoms with Crippen molar-refractivity contribution >= 4 is 63.4 Å². The van der Waals surface area contributed by atoms with Crippen LogP contribution in [0.15, 0.2) is 30.5 Å². The fraction of sp³-hybridized carbons (Fsp3) is 0.211. The summed E-state index contributed by atoms with van der Waals surface area (Å²) in [5.74, 6) is -0.504. The predicted molar refractivity (Wildman–Crippen MR) is 108 cm³/mol. The SMILES string of the molecule is CC(=O)Nc1ncc2cc3c(nc2n1)CC(C)C(=O)N3c1c(Cl)cccc1Cl. The van der Waals surface area contributed by atoms with Gasteiger partial charge in [0.15, 0.2) is 5.65 Å². The van der Waals surface area contributed by atoms with Gasteiger partial charge in [-0.1, -0.05) is 36.2 Å².